The van der Waals surface area contributed by atoms with Crippen molar-refractivity contribution >= 4 is 5.91 Å². The molecule has 0 bridgehead atoms. The molecule has 0 spiro atoms. The van der Waals surface area contributed by atoms with E-state index >= 15 is 0 Å². The first kappa shape index (κ1) is 14.5. The van der Waals surface area contributed by atoms with Crippen LogP contribution in [0.3, 0.4) is 0 Å². The lowest BCUT2D eigenvalue weighted by Gasteiger charge is -2.37. The second-order valence-corrected chi connectivity index (χ2v) is 6.50. The van der Waals surface area contributed by atoms with Crippen molar-refractivity contribution in [2.24, 2.45) is 5.92 Å². The second-order valence-electron chi connectivity index (χ2n) is 6.50. The van der Waals surface area contributed by atoms with Gasteiger partial charge in [-0.05, 0) is 56.2 Å². The third-order valence-corrected chi connectivity index (χ3v) is 4.88. The zero-order chi connectivity index (χ0) is 15.0. The fourth-order valence-electron chi connectivity index (χ4n) is 3.55. The maximum Gasteiger partial charge on any atom is 0.241 e. The van der Waals surface area contributed by atoms with Gasteiger partial charge in [-0.25, -0.2) is 4.39 Å². The number of rotatable bonds is 2. The Balaban J connectivity index is 1.84. The zero-order valence-corrected chi connectivity index (χ0v) is 12.7. The average molecular weight is 290 g/mol. The highest BCUT2D eigenvalue weighted by molar-refractivity contribution is 5.84. The first-order valence-electron chi connectivity index (χ1n) is 7.90. The monoisotopic (exact) mass is 290 g/mol. The predicted octanol–water partition coefficient (Wildman–Crippen LogP) is 3.22. The van der Waals surface area contributed by atoms with Gasteiger partial charge in [-0.3, -0.25) is 10.1 Å². The van der Waals surface area contributed by atoms with Crippen LogP contribution in [-0.2, 0) is 4.79 Å². The molecule has 1 N–H and O–H groups in total. The molecular formula is C17H23FN2O. The number of benzene rings is 1. The summed E-state index contributed by atoms with van der Waals surface area (Å²) >= 11 is 0. The lowest BCUT2D eigenvalue weighted by Crippen LogP contribution is -2.42. The summed E-state index contributed by atoms with van der Waals surface area (Å²) < 4.78 is 13.1. The number of amides is 1. The molecule has 2 unspecified atom stereocenters. The normalized spacial score (nSPS) is 33.5. The summed E-state index contributed by atoms with van der Waals surface area (Å²) in [5.41, 5.74) is 0.965. The van der Waals surface area contributed by atoms with E-state index in [2.05, 4.69) is 12.2 Å². The number of hydrogen-bond donors (Lipinski definition) is 1. The smallest absolute Gasteiger partial charge is 0.241 e. The molecule has 1 amide bonds. The van der Waals surface area contributed by atoms with Crippen molar-refractivity contribution in [1.29, 1.82) is 0 Å². The maximum atomic E-state index is 13.1. The minimum atomic E-state index is -0.242. The van der Waals surface area contributed by atoms with Gasteiger partial charge in [-0.1, -0.05) is 19.1 Å². The molecule has 0 aromatic heterocycles. The van der Waals surface area contributed by atoms with E-state index in [9.17, 15) is 9.18 Å². The van der Waals surface area contributed by atoms with E-state index in [1.165, 1.54) is 25.0 Å². The van der Waals surface area contributed by atoms with Crippen LogP contribution < -0.4 is 5.32 Å². The largest absolute Gasteiger partial charge is 0.319 e. The van der Waals surface area contributed by atoms with Gasteiger partial charge in [0, 0.05) is 6.04 Å². The summed E-state index contributed by atoms with van der Waals surface area (Å²) in [4.78, 5) is 14.5. The summed E-state index contributed by atoms with van der Waals surface area (Å²) in [5, 5.41) is 3.35. The molecule has 4 heteroatoms. The van der Waals surface area contributed by atoms with Crippen LogP contribution in [0.5, 0.6) is 0 Å². The standard InChI is InChI=1S/C17H23FN2O/c1-11-3-9-15(10-4-11)20-16(19-12(2)17(20)21)13-5-7-14(18)8-6-13/h5-8,11-12,15-16,19H,3-4,9-10H2,1-2H3. The van der Waals surface area contributed by atoms with Crippen LogP contribution >= 0.6 is 0 Å². The van der Waals surface area contributed by atoms with Crippen LogP contribution in [0.4, 0.5) is 4.39 Å². The third kappa shape index (κ3) is 2.82. The van der Waals surface area contributed by atoms with Crippen molar-refractivity contribution in [2.75, 3.05) is 0 Å². The van der Waals surface area contributed by atoms with Gasteiger partial charge in [0.25, 0.3) is 0 Å². The van der Waals surface area contributed by atoms with Gasteiger partial charge in [-0.2, -0.15) is 0 Å². The first-order chi connectivity index (χ1) is 10.1. The number of hydrogen-bond acceptors (Lipinski definition) is 2. The minimum Gasteiger partial charge on any atom is -0.319 e. The number of carbonyl (C=O) groups excluding carboxylic acids is 1. The Labute approximate surface area is 125 Å². The molecule has 1 saturated heterocycles. The molecule has 3 nitrogen and oxygen atoms in total. The molecule has 2 aliphatic rings. The highest BCUT2D eigenvalue weighted by Crippen LogP contribution is 2.35. The van der Waals surface area contributed by atoms with E-state index in [1.54, 1.807) is 12.1 Å². The van der Waals surface area contributed by atoms with Gasteiger partial charge in [0.05, 0.1) is 6.04 Å². The van der Waals surface area contributed by atoms with Crippen molar-refractivity contribution in [3.05, 3.63) is 35.6 Å². The Morgan fingerprint density at radius 2 is 1.71 bits per heavy atom. The van der Waals surface area contributed by atoms with Crippen molar-refractivity contribution in [1.82, 2.24) is 10.2 Å². The molecule has 1 aliphatic carbocycles. The van der Waals surface area contributed by atoms with E-state index in [0.717, 1.165) is 24.3 Å². The van der Waals surface area contributed by atoms with Crippen LogP contribution in [0, 0.1) is 11.7 Å². The Hall–Kier alpha value is -1.42. The summed E-state index contributed by atoms with van der Waals surface area (Å²) in [6.45, 7) is 4.19. The van der Waals surface area contributed by atoms with Gasteiger partial charge >= 0.3 is 0 Å². The molecule has 2 fully saturated rings. The predicted molar refractivity (Wildman–Crippen MR) is 80.0 cm³/mol. The van der Waals surface area contributed by atoms with E-state index in [0.29, 0.717) is 6.04 Å². The fraction of sp³-hybridized carbons (Fsp3) is 0.588. The number of halogens is 1. The SMILES string of the molecule is CC1CCC(N2C(=O)C(C)NC2c2ccc(F)cc2)CC1. The van der Waals surface area contributed by atoms with Crippen LogP contribution in [-0.4, -0.2) is 22.9 Å². The van der Waals surface area contributed by atoms with Gasteiger partial charge in [0.2, 0.25) is 5.91 Å². The molecule has 114 valence electrons. The molecule has 1 heterocycles. The van der Waals surface area contributed by atoms with Gasteiger partial charge in [0.15, 0.2) is 0 Å². The maximum absolute atomic E-state index is 13.1. The number of nitrogens with zero attached hydrogens (tertiary/aromatic N) is 1. The highest BCUT2D eigenvalue weighted by Gasteiger charge is 2.41. The van der Waals surface area contributed by atoms with Crippen LogP contribution in [0.25, 0.3) is 0 Å². The van der Waals surface area contributed by atoms with Crippen LogP contribution in [0.1, 0.15) is 51.3 Å². The lowest BCUT2D eigenvalue weighted by atomic mass is 9.86. The fourth-order valence-corrected chi connectivity index (χ4v) is 3.55. The Bertz CT molecular complexity index is 508. The first-order valence-corrected chi connectivity index (χ1v) is 7.90. The minimum absolute atomic E-state index is 0.119. The lowest BCUT2D eigenvalue weighted by molar-refractivity contribution is -0.133. The second kappa shape index (κ2) is 5.76. The molecule has 21 heavy (non-hydrogen) atoms. The summed E-state index contributed by atoms with van der Waals surface area (Å²) in [6.07, 6.45) is 4.38. The number of nitrogens with one attached hydrogen (secondary N) is 1. The Morgan fingerprint density at radius 1 is 1.10 bits per heavy atom. The van der Waals surface area contributed by atoms with Crippen molar-refractivity contribution < 1.29 is 9.18 Å². The van der Waals surface area contributed by atoms with Crippen LogP contribution in [0.15, 0.2) is 24.3 Å². The topological polar surface area (TPSA) is 32.3 Å². The van der Waals surface area contributed by atoms with E-state index < -0.39 is 0 Å². The molecule has 2 atom stereocenters. The molecule has 0 radical (unpaired) electrons. The van der Waals surface area contributed by atoms with Gasteiger partial charge < -0.3 is 4.90 Å². The quantitative estimate of drug-likeness (QED) is 0.907. The van der Waals surface area contributed by atoms with E-state index in [-0.39, 0.29) is 23.9 Å². The molecule has 1 aliphatic heterocycles. The zero-order valence-electron chi connectivity index (χ0n) is 12.7. The molecule has 1 aromatic rings. The number of carbonyl (C=O) groups is 1. The highest BCUT2D eigenvalue weighted by atomic mass is 19.1. The van der Waals surface area contributed by atoms with E-state index in [1.807, 2.05) is 11.8 Å². The summed E-state index contributed by atoms with van der Waals surface area (Å²) in [5.74, 6) is 0.687. The van der Waals surface area contributed by atoms with Crippen molar-refractivity contribution in [3.63, 3.8) is 0 Å². The molecule has 3 rings (SSSR count). The van der Waals surface area contributed by atoms with E-state index in [4.69, 9.17) is 0 Å². The van der Waals surface area contributed by atoms with Crippen molar-refractivity contribution in [2.45, 2.75) is 57.8 Å². The van der Waals surface area contributed by atoms with Crippen molar-refractivity contribution in [3.8, 4) is 0 Å². The molecule has 1 aromatic carbocycles. The Kier molecular flexibility index (Phi) is 3.98. The molecule has 1 saturated carbocycles. The molecular weight excluding hydrogens is 267 g/mol. The summed E-state index contributed by atoms with van der Waals surface area (Å²) in [7, 11) is 0. The van der Waals surface area contributed by atoms with Gasteiger partial charge in [-0.15, -0.1) is 0 Å². The third-order valence-electron chi connectivity index (χ3n) is 4.88. The van der Waals surface area contributed by atoms with Gasteiger partial charge in [0.1, 0.15) is 12.0 Å². The summed E-state index contributed by atoms with van der Waals surface area (Å²) in [6, 6.07) is 6.62. The average Bonchev–Trinajstić information content (AvgIpc) is 2.77. The Morgan fingerprint density at radius 3 is 2.33 bits per heavy atom. The van der Waals surface area contributed by atoms with Crippen LogP contribution in [0.2, 0.25) is 0 Å².